The van der Waals surface area contributed by atoms with Crippen molar-refractivity contribution in [2.45, 2.75) is 25.8 Å². The number of rotatable bonds is 4. The highest BCUT2D eigenvalue weighted by Crippen LogP contribution is 2.15. The molecule has 8 heteroatoms. The first kappa shape index (κ1) is 18.5. The minimum Gasteiger partial charge on any atom is -0.330 e. The number of nitrogens with zero attached hydrogens (tertiary/aromatic N) is 2. The highest BCUT2D eigenvalue weighted by Gasteiger charge is 2.32. The Kier molecular flexibility index (Phi) is 4.67. The summed E-state index contributed by atoms with van der Waals surface area (Å²) in [7, 11) is 0. The second-order valence-electron chi connectivity index (χ2n) is 6.64. The van der Waals surface area contributed by atoms with E-state index < -0.39 is 23.3 Å². The molecule has 0 atom stereocenters. The molecule has 146 valence electrons. The average molecular weight is 392 g/mol. The van der Waals surface area contributed by atoms with Crippen LogP contribution in [0.25, 0.3) is 21.7 Å². The Labute approximate surface area is 163 Å². The van der Waals surface area contributed by atoms with Gasteiger partial charge in [0.25, 0.3) is 17.4 Å². The van der Waals surface area contributed by atoms with Crippen LogP contribution in [0.15, 0.2) is 58.1 Å². The molecule has 2 amide bonds. The SMILES string of the molecule is O=C(CCn1c(=O)c2ccccc2c(=O)c2ccccc21)ON1C(=O)CCC1=O. The van der Waals surface area contributed by atoms with Gasteiger partial charge in [-0.2, -0.15) is 0 Å². The molecule has 0 aliphatic carbocycles. The van der Waals surface area contributed by atoms with Crippen molar-refractivity contribution < 1.29 is 19.2 Å². The van der Waals surface area contributed by atoms with Crippen LogP contribution in [-0.4, -0.2) is 27.4 Å². The number of para-hydroxylation sites is 1. The lowest BCUT2D eigenvalue weighted by Gasteiger charge is -2.13. The van der Waals surface area contributed by atoms with E-state index in [-0.39, 0.29) is 36.6 Å². The minimum absolute atomic E-state index is 0.00297. The summed E-state index contributed by atoms with van der Waals surface area (Å²) in [5, 5.41) is 1.36. The Hall–Kier alpha value is -3.81. The van der Waals surface area contributed by atoms with Crippen molar-refractivity contribution in [3.63, 3.8) is 0 Å². The third-order valence-electron chi connectivity index (χ3n) is 4.83. The third kappa shape index (κ3) is 3.29. The number of carbonyl (C=O) groups is 3. The lowest BCUT2D eigenvalue weighted by atomic mass is 10.1. The molecule has 0 saturated carbocycles. The second-order valence-corrected chi connectivity index (χ2v) is 6.64. The number of carbonyl (C=O) groups excluding carboxylic acids is 3. The van der Waals surface area contributed by atoms with E-state index in [9.17, 15) is 24.0 Å². The maximum atomic E-state index is 13.1. The number of hydrogen-bond donors (Lipinski definition) is 0. The number of aryl methyl sites for hydroxylation is 1. The molecule has 0 radical (unpaired) electrons. The van der Waals surface area contributed by atoms with Crippen molar-refractivity contribution >= 4 is 39.5 Å². The largest absolute Gasteiger partial charge is 0.335 e. The number of imide groups is 1. The van der Waals surface area contributed by atoms with Gasteiger partial charge in [-0.25, -0.2) is 4.79 Å². The van der Waals surface area contributed by atoms with E-state index in [4.69, 9.17) is 4.84 Å². The number of aromatic nitrogens is 1. The normalized spacial score (nSPS) is 14.0. The number of amides is 2. The van der Waals surface area contributed by atoms with E-state index in [0.29, 0.717) is 21.4 Å². The summed E-state index contributed by atoms with van der Waals surface area (Å²) in [5.41, 5.74) is -0.303. The van der Waals surface area contributed by atoms with Gasteiger partial charge in [-0.15, -0.1) is 5.06 Å². The Morgan fingerprint density at radius 2 is 1.41 bits per heavy atom. The molecule has 8 nitrogen and oxygen atoms in total. The van der Waals surface area contributed by atoms with Crippen LogP contribution >= 0.6 is 0 Å². The predicted molar refractivity (Wildman–Crippen MR) is 104 cm³/mol. The molecule has 2 aromatic carbocycles. The molecule has 0 bridgehead atoms. The molecular weight excluding hydrogens is 376 g/mol. The Morgan fingerprint density at radius 3 is 2.10 bits per heavy atom. The third-order valence-corrected chi connectivity index (χ3v) is 4.83. The molecule has 1 aliphatic rings. The Morgan fingerprint density at radius 1 is 0.828 bits per heavy atom. The van der Waals surface area contributed by atoms with Gasteiger partial charge in [0, 0.05) is 30.2 Å². The summed E-state index contributed by atoms with van der Waals surface area (Å²) in [6.45, 7) is -0.0769. The number of fused-ring (bicyclic) bond motifs is 2. The number of hydrogen-bond acceptors (Lipinski definition) is 6. The van der Waals surface area contributed by atoms with Crippen LogP contribution in [0.5, 0.6) is 0 Å². The van der Waals surface area contributed by atoms with Gasteiger partial charge in [0.15, 0.2) is 5.43 Å². The Balaban J connectivity index is 1.74. The van der Waals surface area contributed by atoms with Gasteiger partial charge in [-0.05, 0) is 18.2 Å². The number of hydroxylamine groups is 2. The topological polar surface area (TPSA) is 103 Å². The molecule has 1 saturated heterocycles. The molecule has 2 heterocycles. The van der Waals surface area contributed by atoms with Gasteiger partial charge < -0.3 is 9.40 Å². The maximum Gasteiger partial charge on any atom is 0.335 e. The first-order valence-corrected chi connectivity index (χ1v) is 9.08. The fraction of sp³-hybridized carbons (Fsp3) is 0.190. The fourth-order valence-electron chi connectivity index (χ4n) is 3.40. The highest BCUT2D eigenvalue weighted by atomic mass is 16.7. The summed E-state index contributed by atoms with van der Waals surface area (Å²) in [4.78, 5) is 66.2. The van der Waals surface area contributed by atoms with Crippen LogP contribution in [0.2, 0.25) is 0 Å². The van der Waals surface area contributed by atoms with Gasteiger partial charge in [0.2, 0.25) is 0 Å². The van der Waals surface area contributed by atoms with Crippen molar-refractivity contribution in [3.8, 4) is 0 Å². The summed E-state index contributed by atoms with van der Waals surface area (Å²) in [5.74, 6) is -1.96. The highest BCUT2D eigenvalue weighted by molar-refractivity contribution is 6.01. The van der Waals surface area contributed by atoms with Gasteiger partial charge in [0.1, 0.15) is 0 Å². The van der Waals surface area contributed by atoms with Crippen molar-refractivity contribution in [2.24, 2.45) is 0 Å². The zero-order chi connectivity index (χ0) is 20.5. The molecule has 1 aliphatic heterocycles. The smallest absolute Gasteiger partial charge is 0.330 e. The van der Waals surface area contributed by atoms with Crippen LogP contribution < -0.4 is 11.0 Å². The molecule has 29 heavy (non-hydrogen) atoms. The van der Waals surface area contributed by atoms with Gasteiger partial charge >= 0.3 is 5.97 Å². The molecule has 0 spiro atoms. The van der Waals surface area contributed by atoms with Gasteiger partial charge in [-0.1, -0.05) is 30.3 Å². The van der Waals surface area contributed by atoms with E-state index in [1.54, 1.807) is 48.5 Å². The minimum atomic E-state index is -0.817. The molecule has 1 aromatic heterocycles. The summed E-state index contributed by atoms with van der Waals surface area (Å²) in [6, 6.07) is 13.2. The summed E-state index contributed by atoms with van der Waals surface area (Å²) in [6.07, 6.45) is -0.251. The van der Waals surface area contributed by atoms with E-state index in [2.05, 4.69) is 0 Å². The van der Waals surface area contributed by atoms with Crippen molar-refractivity contribution in [1.82, 2.24) is 9.63 Å². The molecule has 0 N–H and O–H groups in total. The van der Waals surface area contributed by atoms with Crippen LogP contribution in [-0.2, 0) is 25.8 Å². The maximum absolute atomic E-state index is 13.1. The molecule has 3 aromatic rings. The van der Waals surface area contributed by atoms with E-state index >= 15 is 0 Å². The lowest BCUT2D eigenvalue weighted by Crippen LogP contribution is -2.32. The first-order valence-electron chi connectivity index (χ1n) is 9.08. The zero-order valence-electron chi connectivity index (χ0n) is 15.3. The van der Waals surface area contributed by atoms with Crippen LogP contribution in [0, 0.1) is 0 Å². The second kappa shape index (κ2) is 7.31. The average Bonchev–Trinajstić information content (AvgIpc) is 3.01. The van der Waals surface area contributed by atoms with Crippen molar-refractivity contribution in [2.75, 3.05) is 0 Å². The monoisotopic (exact) mass is 392 g/mol. The quantitative estimate of drug-likeness (QED) is 0.624. The molecule has 1 fully saturated rings. The standard InChI is InChI=1S/C21H16N2O6/c24-17-9-10-18(25)23(17)29-19(26)11-12-22-16-8-4-3-7-15(16)20(27)13-5-1-2-6-14(13)21(22)28/h1-8H,9-12H2. The number of benzene rings is 2. The van der Waals surface area contributed by atoms with Crippen LogP contribution in [0.1, 0.15) is 19.3 Å². The zero-order valence-corrected chi connectivity index (χ0v) is 15.3. The molecular formula is C21H16N2O6. The Bertz CT molecular complexity index is 1280. The van der Waals surface area contributed by atoms with E-state index in [0.717, 1.165) is 0 Å². The lowest BCUT2D eigenvalue weighted by molar-refractivity contribution is -0.197. The molecule has 0 unspecified atom stereocenters. The summed E-state index contributed by atoms with van der Waals surface area (Å²) >= 11 is 0. The van der Waals surface area contributed by atoms with Crippen molar-refractivity contribution in [3.05, 3.63) is 69.1 Å². The fourth-order valence-corrected chi connectivity index (χ4v) is 3.40. The van der Waals surface area contributed by atoms with Crippen LogP contribution in [0.3, 0.4) is 0 Å². The van der Waals surface area contributed by atoms with Crippen molar-refractivity contribution in [1.29, 1.82) is 0 Å². The molecule has 4 rings (SSSR count). The van der Waals surface area contributed by atoms with Crippen LogP contribution in [0.4, 0.5) is 0 Å². The first-order chi connectivity index (χ1) is 14.0. The van der Waals surface area contributed by atoms with E-state index in [1.807, 2.05) is 0 Å². The van der Waals surface area contributed by atoms with Gasteiger partial charge in [-0.3, -0.25) is 19.2 Å². The summed E-state index contributed by atoms with van der Waals surface area (Å²) < 4.78 is 1.34. The predicted octanol–water partition coefficient (Wildman–Crippen LogP) is 1.51. The van der Waals surface area contributed by atoms with Gasteiger partial charge in [0.05, 0.1) is 17.3 Å². The van der Waals surface area contributed by atoms with E-state index in [1.165, 1.54) is 4.57 Å².